The van der Waals surface area contributed by atoms with Crippen LogP contribution in [0, 0.1) is 17.3 Å². The van der Waals surface area contributed by atoms with Gasteiger partial charge in [0, 0.05) is 13.3 Å². The lowest BCUT2D eigenvalue weighted by Crippen LogP contribution is -2.37. The third kappa shape index (κ3) is 4.04. The van der Waals surface area contributed by atoms with Gasteiger partial charge in [0.15, 0.2) is 0 Å². The number of esters is 2. The van der Waals surface area contributed by atoms with Crippen LogP contribution in [0.5, 0.6) is 0 Å². The summed E-state index contributed by atoms with van der Waals surface area (Å²) in [6.07, 6.45) is 2.98. The van der Waals surface area contributed by atoms with Crippen molar-refractivity contribution in [3.05, 3.63) is 17.2 Å². The van der Waals surface area contributed by atoms with Crippen molar-refractivity contribution >= 4 is 18.2 Å². The molecule has 1 saturated carbocycles. The van der Waals surface area contributed by atoms with E-state index in [1.54, 1.807) is 6.92 Å². The van der Waals surface area contributed by atoms with E-state index < -0.39 is 11.8 Å². The van der Waals surface area contributed by atoms with Gasteiger partial charge in [0.05, 0.1) is 5.92 Å². The molecular formula is C16H24N2O4. The maximum Gasteiger partial charge on any atom is 0.416 e. The summed E-state index contributed by atoms with van der Waals surface area (Å²) in [6, 6.07) is 0. The van der Waals surface area contributed by atoms with Crippen LogP contribution in [0.1, 0.15) is 48.0 Å². The van der Waals surface area contributed by atoms with Crippen LogP contribution >= 0.6 is 0 Å². The van der Waals surface area contributed by atoms with Crippen molar-refractivity contribution < 1.29 is 23.9 Å². The maximum atomic E-state index is 12.4. The first-order valence-electron chi connectivity index (χ1n) is 7.35. The molecule has 6 nitrogen and oxygen atoms in total. The summed E-state index contributed by atoms with van der Waals surface area (Å²) in [4.78, 5) is 26.4. The zero-order valence-electron chi connectivity index (χ0n) is 14.0. The Hall–Kier alpha value is -1.94. The van der Waals surface area contributed by atoms with E-state index in [1.165, 1.54) is 6.92 Å². The van der Waals surface area contributed by atoms with Crippen molar-refractivity contribution in [2.75, 3.05) is 0 Å². The van der Waals surface area contributed by atoms with E-state index in [4.69, 9.17) is 15.0 Å². The molecule has 122 valence electrons. The zero-order valence-corrected chi connectivity index (χ0v) is 14.0. The summed E-state index contributed by atoms with van der Waals surface area (Å²) >= 11 is 0. The van der Waals surface area contributed by atoms with E-state index in [0.717, 1.165) is 5.57 Å². The summed E-state index contributed by atoms with van der Waals surface area (Å²) in [5.74, 6) is -2.75. The highest BCUT2D eigenvalue weighted by atomic mass is 16.7. The minimum Gasteiger partial charge on any atom is -0.423 e. The van der Waals surface area contributed by atoms with Crippen LogP contribution in [0.3, 0.4) is 0 Å². The fraction of sp³-hybridized carbons (Fsp3) is 0.688. The Balaban J connectivity index is 2.80. The molecule has 0 spiro atoms. The number of ether oxygens (including phenoxy) is 2. The first-order valence-corrected chi connectivity index (χ1v) is 7.35. The van der Waals surface area contributed by atoms with Crippen molar-refractivity contribution in [3.8, 4) is 0 Å². The lowest BCUT2D eigenvalue weighted by atomic mass is 10.1. The lowest BCUT2D eigenvalue weighted by Gasteiger charge is -2.27. The van der Waals surface area contributed by atoms with Gasteiger partial charge in [-0.1, -0.05) is 32.4 Å². The molecule has 0 aliphatic heterocycles. The minimum absolute atomic E-state index is 0.126. The second-order valence-corrected chi connectivity index (χ2v) is 6.64. The molecule has 22 heavy (non-hydrogen) atoms. The Bertz CT molecular complexity index is 542. The van der Waals surface area contributed by atoms with E-state index in [9.17, 15) is 9.59 Å². The van der Waals surface area contributed by atoms with Gasteiger partial charge in [-0.15, -0.1) is 0 Å². The van der Waals surface area contributed by atoms with Gasteiger partial charge in [0.2, 0.25) is 0 Å². The predicted molar refractivity (Wildman–Crippen MR) is 80.8 cm³/mol. The van der Waals surface area contributed by atoms with E-state index in [2.05, 4.69) is 10.9 Å². The molecule has 0 radical (unpaired) electrons. The number of allylic oxidation sites excluding steroid dienone is 2. The summed E-state index contributed by atoms with van der Waals surface area (Å²) in [7, 11) is 0. The number of rotatable bonds is 6. The van der Waals surface area contributed by atoms with Crippen molar-refractivity contribution in [2.45, 2.75) is 53.8 Å². The number of hydrogen-bond acceptors (Lipinski definition) is 4. The molecule has 0 bridgehead atoms. The van der Waals surface area contributed by atoms with Crippen LogP contribution in [-0.2, 0) is 19.1 Å². The molecule has 1 rings (SSSR count). The van der Waals surface area contributed by atoms with Gasteiger partial charge in [-0.25, -0.2) is 4.79 Å². The third-order valence-electron chi connectivity index (χ3n) is 4.12. The molecule has 3 atom stereocenters. The molecule has 0 heterocycles. The van der Waals surface area contributed by atoms with Crippen LogP contribution in [0.25, 0.3) is 5.53 Å². The average molecular weight is 308 g/mol. The standard InChI is InChI=1S/C16H24N2O4/c1-7-16(6,21-12(19)9-18-17)22-14(20)13-11(8-10(2)3)15(13,4)5/h8-9,11,13H,7H2,1-6H3. The smallest absolute Gasteiger partial charge is 0.416 e. The van der Waals surface area contributed by atoms with Crippen LogP contribution in [0.4, 0.5) is 0 Å². The highest BCUT2D eigenvalue weighted by Crippen LogP contribution is 2.60. The fourth-order valence-corrected chi connectivity index (χ4v) is 2.53. The molecule has 1 fully saturated rings. The highest BCUT2D eigenvalue weighted by molar-refractivity contribution is 6.20. The molecule has 0 saturated heterocycles. The maximum absolute atomic E-state index is 12.4. The Morgan fingerprint density at radius 1 is 1.32 bits per heavy atom. The van der Waals surface area contributed by atoms with Crippen LogP contribution in [0.2, 0.25) is 0 Å². The number of hydrogen-bond donors (Lipinski definition) is 0. The molecular weight excluding hydrogens is 284 g/mol. The normalized spacial score (nSPS) is 24.3. The molecule has 0 aromatic rings. The summed E-state index contributed by atoms with van der Waals surface area (Å²) in [6.45, 7) is 11.3. The second kappa shape index (κ2) is 6.44. The fourth-order valence-electron chi connectivity index (χ4n) is 2.53. The first kappa shape index (κ1) is 18.1. The van der Waals surface area contributed by atoms with Gasteiger partial charge in [-0.05, 0) is 25.2 Å². The largest absolute Gasteiger partial charge is 0.423 e. The van der Waals surface area contributed by atoms with Crippen LogP contribution in [-0.4, -0.2) is 28.7 Å². The Labute approximate surface area is 131 Å². The number of nitrogens with zero attached hydrogens (tertiary/aromatic N) is 2. The van der Waals surface area contributed by atoms with Gasteiger partial charge < -0.3 is 15.0 Å². The van der Waals surface area contributed by atoms with Crippen molar-refractivity contribution in [1.29, 1.82) is 0 Å². The van der Waals surface area contributed by atoms with Crippen LogP contribution < -0.4 is 0 Å². The quantitative estimate of drug-likeness (QED) is 0.188. The molecule has 1 aliphatic carbocycles. The minimum atomic E-state index is -1.37. The topological polar surface area (TPSA) is 89.0 Å². The van der Waals surface area contributed by atoms with E-state index in [0.29, 0.717) is 12.6 Å². The highest BCUT2D eigenvalue weighted by Gasteiger charge is 2.62. The molecule has 0 aromatic carbocycles. The molecule has 0 amide bonds. The molecule has 0 N–H and O–H groups in total. The average Bonchev–Trinajstić information content (AvgIpc) is 2.89. The SMILES string of the molecule is CCC(C)(OC(=O)C=[N+]=[N-])OC(=O)C1C(C=C(C)C)C1(C)C. The van der Waals surface area contributed by atoms with Gasteiger partial charge >= 0.3 is 18.2 Å². The first-order chi connectivity index (χ1) is 10.1. The van der Waals surface area contributed by atoms with Crippen LogP contribution in [0.15, 0.2) is 11.6 Å². The molecule has 6 heteroatoms. The Kier molecular flexibility index (Phi) is 5.30. The van der Waals surface area contributed by atoms with E-state index >= 15 is 0 Å². The third-order valence-corrected chi connectivity index (χ3v) is 4.12. The van der Waals surface area contributed by atoms with Crippen molar-refractivity contribution in [1.82, 2.24) is 0 Å². The lowest BCUT2D eigenvalue weighted by molar-refractivity contribution is -0.221. The number of carbonyl (C=O) groups excluding carboxylic acids is 2. The monoisotopic (exact) mass is 308 g/mol. The van der Waals surface area contributed by atoms with Crippen molar-refractivity contribution in [3.63, 3.8) is 0 Å². The molecule has 1 aliphatic rings. The molecule has 0 aromatic heterocycles. The van der Waals surface area contributed by atoms with Gasteiger partial charge in [0.1, 0.15) is 0 Å². The summed E-state index contributed by atoms with van der Waals surface area (Å²) < 4.78 is 10.5. The van der Waals surface area contributed by atoms with E-state index in [-0.39, 0.29) is 23.2 Å². The Morgan fingerprint density at radius 2 is 1.91 bits per heavy atom. The van der Waals surface area contributed by atoms with E-state index in [1.807, 2.05) is 27.7 Å². The van der Waals surface area contributed by atoms with Gasteiger partial charge in [0.25, 0.3) is 5.79 Å². The second-order valence-electron chi connectivity index (χ2n) is 6.64. The zero-order chi connectivity index (χ0) is 17.1. The number of carbonyl (C=O) groups is 2. The van der Waals surface area contributed by atoms with Crippen molar-refractivity contribution in [2.24, 2.45) is 17.3 Å². The van der Waals surface area contributed by atoms with Gasteiger partial charge in [-0.2, -0.15) is 4.79 Å². The van der Waals surface area contributed by atoms with Gasteiger partial charge in [-0.3, -0.25) is 4.79 Å². The summed E-state index contributed by atoms with van der Waals surface area (Å²) in [5.41, 5.74) is 9.31. The Morgan fingerprint density at radius 3 is 2.36 bits per heavy atom. The predicted octanol–water partition coefficient (Wildman–Crippen LogP) is 2.74. The molecule has 3 unspecified atom stereocenters. The summed E-state index contributed by atoms with van der Waals surface area (Å²) in [5, 5.41) is 0.